The number of nitrogens with one attached hydrogen (secondary N) is 1. The van der Waals surface area contributed by atoms with Gasteiger partial charge < -0.3 is 14.8 Å². The molecule has 0 aliphatic heterocycles. The summed E-state index contributed by atoms with van der Waals surface area (Å²) in [6, 6.07) is 23.4. The molecule has 6 heteroatoms. The molecule has 1 amide bonds. The fraction of sp³-hybridized carbons (Fsp3) is 0.167. The summed E-state index contributed by atoms with van der Waals surface area (Å²) in [6.07, 6.45) is 0. The van der Waals surface area contributed by atoms with Crippen LogP contribution in [-0.4, -0.2) is 29.9 Å². The van der Waals surface area contributed by atoms with Crippen LogP contribution in [0.15, 0.2) is 72.8 Å². The van der Waals surface area contributed by atoms with Crippen molar-refractivity contribution in [3.63, 3.8) is 0 Å². The molecule has 4 aromatic rings. The number of rotatable bonds is 7. The van der Waals surface area contributed by atoms with Crippen LogP contribution in [0.4, 0.5) is 0 Å². The van der Waals surface area contributed by atoms with Crippen LogP contribution < -0.4 is 14.8 Å². The van der Waals surface area contributed by atoms with Crippen molar-refractivity contribution in [3.05, 3.63) is 89.6 Å². The zero-order valence-corrected chi connectivity index (χ0v) is 17.0. The third-order valence-corrected chi connectivity index (χ3v) is 4.97. The highest BCUT2D eigenvalue weighted by atomic mass is 16.5. The van der Waals surface area contributed by atoms with Crippen molar-refractivity contribution in [2.75, 3.05) is 14.2 Å². The van der Waals surface area contributed by atoms with E-state index in [-0.39, 0.29) is 5.91 Å². The molecule has 0 saturated heterocycles. The molecule has 0 fully saturated rings. The summed E-state index contributed by atoms with van der Waals surface area (Å²) in [7, 11) is 3.17. The maximum absolute atomic E-state index is 13.0. The first kappa shape index (κ1) is 19.5. The van der Waals surface area contributed by atoms with Crippen LogP contribution in [0.1, 0.15) is 21.6 Å². The minimum atomic E-state index is -0.233. The molecular weight excluding hydrogens is 378 g/mol. The number of carbonyl (C=O) groups is 1. The molecule has 0 aliphatic carbocycles. The molecule has 4 rings (SSSR count). The Kier molecular flexibility index (Phi) is 5.66. The average Bonchev–Trinajstić information content (AvgIpc) is 3.16. The highest BCUT2D eigenvalue weighted by Crippen LogP contribution is 2.30. The Morgan fingerprint density at radius 2 is 1.70 bits per heavy atom. The second kappa shape index (κ2) is 8.69. The fourth-order valence-electron chi connectivity index (χ4n) is 3.52. The monoisotopic (exact) mass is 401 g/mol. The summed E-state index contributed by atoms with van der Waals surface area (Å²) in [6.45, 7) is 0.900. The van der Waals surface area contributed by atoms with Crippen molar-refractivity contribution in [1.82, 2.24) is 15.1 Å². The van der Waals surface area contributed by atoms with Crippen LogP contribution in [0.5, 0.6) is 11.5 Å². The van der Waals surface area contributed by atoms with E-state index >= 15 is 0 Å². The summed E-state index contributed by atoms with van der Waals surface area (Å²) in [5.74, 6) is 1.00. The van der Waals surface area contributed by atoms with Crippen molar-refractivity contribution in [3.8, 4) is 11.5 Å². The summed E-state index contributed by atoms with van der Waals surface area (Å²) < 4.78 is 12.6. The third kappa shape index (κ3) is 3.85. The van der Waals surface area contributed by atoms with Gasteiger partial charge in [0.15, 0.2) is 17.2 Å². The highest BCUT2D eigenvalue weighted by Gasteiger charge is 2.18. The first-order valence-electron chi connectivity index (χ1n) is 9.69. The molecule has 0 spiro atoms. The number of nitrogens with zero attached hydrogens (tertiary/aromatic N) is 2. The highest BCUT2D eigenvalue weighted by molar-refractivity contribution is 6.04. The van der Waals surface area contributed by atoms with Crippen LogP contribution >= 0.6 is 0 Å². The summed E-state index contributed by atoms with van der Waals surface area (Å²) in [4.78, 5) is 13.0. The molecule has 0 atom stereocenters. The van der Waals surface area contributed by atoms with Crippen molar-refractivity contribution in [2.45, 2.75) is 13.1 Å². The number of benzene rings is 3. The number of hydrogen-bond donors (Lipinski definition) is 1. The molecule has 0 aliphatic rings. The van der Waals surface area contributed by atoms with E-state index in [1.54, 1.807) is 14.2 Å². The number of carbonyl (C=O) groups excluding carboxylic acids is 1. The Morgan fingerprint density at radius 3 is 2.47 bits per heavy atom. The van der Waals surface area contributed by atoms with Crippen LogP contribution in [-0.2, 0) is 13.1 Å². The van der Waals surface area contributed by atoms with Crippen LogP contribution in [0.3, 0.4) is 0 Å². The van der Waals surface area contributed by atoms with Gasteiger partial charge in [-0.25, -0.2) is 0 Å². The van der Waals surface area contributed by atoms with E-state index in [2.05, 4.69) is 10.4 Å². The van der Waals surface area contributed by atoms with E-state index in [4.69, 9.17) is 9.47 Å². The molecule has 1 heterocycles. The van der Waals surface area contributed by atoms with Crippen LogP contribution in [0.25, 0.3) is 10.9 Å². The second-order valence-corrected chi connectivity index (χ2v) is 6.84. The SMILES string of the molecule is COc1cccc(CNC(=O)c2nn(Cc3ccccc3)c3ccccc23)c1OC. The minimum absolute atomic E-state index is 0.233. The number of para-hydroxylation sites is 2. The zero-order valence-electron chi connectivity index (χ0n) is 17.0. The Balaban J connectivity index is 1.60. The van der Waals surface area contributed by atoms with E-state index in [9.17, 15) is 4.79 Å². The van der Waals surface area contributed by atoms with Gasteiger partial charge in [0, 0.05) is 17.5 Å². The maximum atomic E-state index is 13.0. The van der Waals surface area contributed by atoms with E-state index in [0.29, 0.717) is 30.3 Å². The number of fused-ring (bicyclic) bond motifs is 1. The molecule has 0 bridgehead atoms. The van der Waals surface area contributed by atoms with Gasteiger partial charge in [-0.1, -0.05) is 60.7 Å². The first-order valence-corrected chi connectivity index (χ1v) is 9.69. The average molecular weight is 401 g/mol. The zero-order chi connectivity index (χ0) is 20.9. The lowest BCUT2D eigenvalue weighted by atomic mass is 10.1. The predicted molar refractivity (Wildman–Crippen MR) is 116 cm³/mol. The maximum Gasteiger partial charge on any atom is 0.272 e. The molecule has 152 valence electrons. The van der Waals surface area contributed by atoms with E-state index in [1.807, 2.05) is 77.5 Å². The summed E-state index contributed by atoms with van der Waals surface area (Å²) >= 11 is 0. The Morgan fingerprint density at radius 1 is 0.933 bits per heavy atom. The van der Waals surface area contributed by atoms with Gasteiger partial charge >= 0.3 is 0 Å². The Labute approximate surface area is 175 Å². The lowest BCUT2D eigenvalue weighted by Gasteiger charge is -2.12. The molecule has 0 saturated carbocycles. The molecule has 0 radical (unpaired) electrons. The lowest BCUT2D eigenvalue weighted by molar-refractivity contribution is 0.0946. The minimum Gasteiger partial charge on any atom is -0.493 e. The van der Waals surface area contributed by atoms with Gasteiger partial charge in [0.25, 0.3) is 5.91 Å². The normalized spacial score (nSPS) is 10.7. The third-order valence-electron chi connectivity index (χ3n) is 4.97. The van der Waals surface area contributed by atoms with Gasteiger partial charge in [-0.2, -0.15) is 5.10 Å². The Hall–Kier alpha value is -3.80. The largest absolute Gasteiger partial charge is 0.493 e. The van der Waals surface area contributed by atoms with Crippen molar-refractivity contribution in [1.29, 1.82) is 0 Å². The number of ether oxygens (including phenoxy) is 2. The second-order valence-electron chi connectivity index (χ2n) is 6.84. The van der Waals surface area contributed by atoms with Gasteiger partial charge in [-0.05, 0) is 17.7 Å². The van der Waals surface area contributed by atoms with E-state index in [1.165, 1.54) is 0 Å². The standard InChI is InChI=1S/C24H23N3O3/c1-29-21-14-8-11-18(23(21)30-2)15-25-24(28)22-19-12-6-7-13-20(19)27(26-22)16-17-9-4-3-5-10-17/h3-14H,15-16H2,1-2H3,(H,25,28). The fourth-order valence-corrected chi connectivity index (χ4v) is 3.52. The van der Waals surface area contributed by atoms with Gasteiger partial charge in [0.2, 0.25) is 0 Å². The van der Waals surface area contributed by atoms with E-state index in [0.717, 1.165) is 22.0 Å². The molecule has 30 heavy (non-hydrogen) atoms. The van der Waals surface area contributed by atoms with Crippen LogP contribution in [0, 0.1) is 0 Å². The van der Waals surface area contributed by atoms with Crippen LogP contribution in [0.2, 0.25) is 0 Å². The topological polar surface area (TPSA) is 65.4 Å². The summed E-state index contributed by atoms with van der Waals surface area (Å²) in [5, 5.41) is 8.40. The van der Waals surface area contributed by atoms with Gasteiger partial charge in [0.05, 0.1) is 26.3 Å². The van der Waals surface area contributed by atoms with Gasteiger partial charge in [-0.15, -0.1) is 0 Å². The molecular formula is C24H23N3O3. The number of aromatic nitrogens is 2. The van der Waals surface area contributed by atoms with Gasteiger partial charge in [0.1, 0.15) is 0 Å². The Bertz CT molecular complexity index is 1170. The number of hydrogen-bond acceptors (Lipinski definition) is 4. The molecule has 1 aromatic heterocycles. The van der Waals surface area contributed by atoms with Crippen molar-refractivity contribution in [2.24, 2.45) is 0 Å². The first-order chi connectivity index (χ1) is 14.7. The lowest BCUT2D eigenvalue weighted by Crippen LogP contribution is -2.24. The quantitative estimate of drug-likeness (QED) is 0.508. The number of amides is 1. The molecule has 0 unspecified atom stereocenters. The number of methoxy groups -OCH3 is 2. The molecule has 3 aromatic carbocycles. The molecule has 6 nitrogen and oxygen atoms in total. The summed E-state index contributed by atoms with van der Waals surface area (Å²) in [5.41, 5.74) is 3.28. The van der Waals surface area contributed by atoms with Gasteiger partial charge in [-0.3, -0.25) is 9.48 Å². The smallest absolute Gasteiger partial charge is 0.272 e. The van der Waals surface area contributed by atoms with Crippen molar-refractivity contribution < 1.29 is 14.3 Å². The molecule has 1 N–H and O–H groups in total. The predicted octanol–water partition coefficient (Wildman–Crippen LogP) is 4.03. The van der Waals surface area contributed by atoms with Crippen molar-refractivity contribution >= 4 is 16.8 Å². The van der Waals surface area contributed by atoms with E-state index < -0.39 is 0 Å².